The topological polar surface area (TPSA) is 62.7 Å². The van der Waals surface area contributed by atoms with E-state index in [1.807, 2.05) is 18.2 Å². The number of hydrogen-bond acceptors (Lipinski definition) is 5. The monoisotopic (exact) mass is 347 g/mol. The van der Waals surface area contributed by atoms with Gasteiger partial charge in [-0.25, -0.2) is 4.98 Å². The molecule has 0 amide bonds. The molecule has 1 aromatic carbocycles. The Bertz CT molecular complexity index is 831. The zero-order chi connectivity index (χ0) is 18.4. The van der Waals surface area contributed by atoms with Crippen LogP contribution < -0.4 is 10.6 Å². The molecule has 0 spiro atoms. The molecule has 2 aromatic heterocycles. The van der Waals surface area contributed by atoms with Crippen molar-refractivity contribution in [2.75, 3.05) is 10.6 Å². The molecule has 5 heteroatoms. The molecule has 0 aliphatic carbocycles. The molecule has 26 heavy (non-hydrogen) atoms. The number of benzene rings is 1. The van der Waals surface area contributed by atoms with Crippen LogP contribution in [0.5, 0.6) is 0 Å². The second-order valence-corrected chi connectivity index (χ2v) is 6.49. The number of hydrogen-bond donors (Lipinski definition) is 2. The average molecular weight is 347 g/mol. The van der Waals surface area contributed by atoms with Gasteiger partial charge >= 0.3 is 0 Å². The molecule has 2 N–H and O–H groups in total. The van der Waals surface area contributed by atoms with E-state index in [1.54, 1.807) is 12.4 Å². The molecule has 3 aromatic rings. The molecule has 0 unspecified atom stereocenters. The third kappa shape index (κ3) is 4.79. The van der Waals surface area contributed by atoms with Crippen molar-refractivity contribution >= 4 is 11.8 Å². The number of pyridine rings is 1. The van der Waals surface area contributed by atoms with Crippen molar-refractivity contribution in [1.29, 1.82) is 0 Å². The Morgan fingerprint density at radius 2 is 1.73 bits per heavy atom. The average Bonchev–Trinajstić information content (AvgIpc) is 2.68. The molecule has 0 aliphatic heterocycles. The van der Waals surface area contributed by atoms with E-state index in [0.29, 0.717) is 12.0 Å². The van der Waals surface area contributed by atoms with E-state index in [4.69, 9.17) is 0 Å². The molecule has 3 rings (SSSR count). The van der Waals surface area contributed by atoms with Gasteiger partial charge in [0.05, 0.1) is 5.69 Å². The standard InChI is InChI=1S/C21H25N5/c1-4-16(3)24-21-25-19(18-9-11-22-12-10-18)13-20(26-21)23-14-17-7-5-15(2)6-8-17/h5-13,16H,4,14H2,1-3H3,(H2,23,24,25,26)/t16-/m0/s1. The lowest BCUT2D eigenvalue weighted by Gasteiger charge is -2.14. The third-order valence-corrected chi connectivity index (χ3v) is 4.28. The molecule has 1 atom stereocenters. The predicted molar refractivity (Wildman–Crippen MR) is 107 cm³/mol. The summed E-state index contributed by atoms with van der Waals surface area (Å²) in [6, 6.07) is 14.7. The van der Waals surface area contributed by atoms with Crippen LogP contribution in [0.3, 0.4) is 0 Å². The summed E-state index contributed by atoms with van der Waals surface area (Å²) in [7, 11) is 0. The molecule has 2 heterocycles. The first-order valence-corrected chi connectivity index (χ1v) is 8.99. The first-order chi connectivity index (χ1) is 12.6. The molecular formula is C21H25N5. The minimum Gasteiger partial charge on any atom is -0.366 e. The molecule has 0 bridgehead atoms. The molecule has 0 saturated heterocycles. The summed E-state index contributed by atoms with van der Waals surface area (Å²) in [5.74, 6) is 1.44. The van der Waals surface area contributed by atoms with Crippen LogP contribution in [0.1, 0.15) is 31.4 Å². The van der Waals surface area contributed by atoms with Gasteiger partial charge in [-0.2, -0.15) is 4.98 Å². The van der Waals surface area contributed by atoms with Gasteiger partial charge in [0.2, 0.25) is 5.95 Å². The fraction of sp³-hybridized carbons (Fsp3) is 0.286. The fourth-order valence-electron chi connectivity index (χ4n) is 2.49. The zero-order valence-corrected chi connectivity index (χ0v) is 15.5. The quantitative estimate of drug-likeness (QED) is 0.650. The molecule has 0 fully saturated rings. The van der Waals surface area contributed by atoms with Crippen LogP contribution in [-0.2, 0) is 6.54 Å². The number of nitrogens with one attached hydrogen (secondary N) is 2. The summed E-state index contributed by atoms with van der Waals surface area (Å²) in [6.45, 7) is 7.08. The Labute approximate surface area is 154 Å². The van der Waals surface area contributed by atoms with Gasteiger partial charge in [-0.05, 0) is 38.0 Å². The summed E-state index contributed by atoms with van der Waals surface area (Å²) in [4.78, 5) is 13.4. The van der Waals surface area contributed by atoms with Gasteiger partial charge in [-0.3, -0.25) is 4.98 Å². The summed E-state index contributed by atoms with van der Waals surface area (Å²) in [5, 5.41) is 6.79. The first-order valence-electron chi connectivity index (χ1n) is 8.99. The first kappa shape index (κ1) is 17.9. The highest BCUT2D eigenvalue weighted by molar-refractivity contribution is 5.64. The van der Waals surface area contributed by atoms with Crippen molar-refractivity contribution in [1.82, 2.24) is 15.0 Å². The van der Waals surface area contributed by atoms with Gasteiger partial charge in [-0.15, -0.1) is 0 Å². The van der Waals surface area contributed by atoms with Crippen LogP contribution in [0.15, 0.2) is 54.9 Å². The molecule has 134 valence electrons. The van der Waals surface area contributed by atoms with Crippen LogP contribution in [0.2, 0.25) is 0 Å². The van der Waals surface area contributed by atoms with Crippen LogP contribution in [0.4, 0.5) is 11.8 Å². The summed E-state index contributed by atoms with van der Waals surface area (Å²) in [5.41, 5.74) is 4.37. The second kappa shape index (κ2) is 8.43. The minimum atomic E-state index is 0.313. The highest BCUT2D eigenvalue weighted by Crippen LogP contribution is 2.22. The van der Waals surface area contributed by atoms with Crippen LogP contribution in [0, 0.1) is 6.92 Å². The molecule has 5 nitrogen and oxygen atoms in total. The maximum atomic E-state index is 4.67. The smallest absolute Gasteiger partial charge is 0.225 e. The summed E-state index contributed by atoms with van der Waals surface area (Å²) >= 11 is 0. The van der Waals surface area contributed by atoms with Gasteiger partial charge in [0.1, 0.15) is 5.82 Å². The van der Waals surface area contributed by atoms with Crippen molar-refractivity contribution in [3.8, 4) is 11.3 Å². The Kier molecular flexibility index (Phi) is 5.79. The number of aromatic nitrogens is 3. The van der Waals surface area contributed by atoms with Crippen LogP contribution in [-0.4, -0.2) is 21.0 Å². The van der Waals surface area contributed by atoms with Crippen molar-refractivity contribution in [3.05, 3.63) is 66.0 Å². The van der Waals surface area contributed by atoms with Crippen molar-refractivity contribution in [2.24, 2.45) is 0 Å². The third-order valence-electron chi connectivity index (χ3n) is 4.28. The Morgan fingerprint density at radius 3 is 2.42 bits per heavy atom. The lowest BCUT2D eigenvalue weighted by Crippen LogP contribution is -2.16. The second-order valence-electron chi connectivity index (χ2n) is 6.49. The number of aryl methyl sites for hydroxylation is 1. The van der Waals surface area contributed by atoms with Crippen molar-refractivity contribution in [2.45, 2.75) is 39.8 Å². The summed E-state index contributed by atoms with van der Waals surface area (Å²) in [6.07, 6.45) is 4.56. The van der Waals surface area contributed by atoms with E-state index in [0.717, 1.165) is 30.0 Å². The minimum absolute atomic E-state index is 0.313. The van der Waals surface area contributed by atoms with E-state index >= 15 is 0 Å². The molecular weight excluding hydrogens is 322 g/mol. The SMILES string of the molecule is CC[C@H](C)Nc1nc(NCc2ccc(C)cc2)cc(-c2ccncc2)n1. The number of anilines is 2. The van der Waals surface area contributed by atoms with Gasteiger partial charge in [0.25, 0.3) is 0 Å². The normalized spacial score (nSPS) is 11.8. The van der Waals surface area contributed by atoms with Gasteiger partial charge in [0.15, 0.2) is 0 Å². The summed E-state index contributed by atoms with van der Waals surface area (Å²) < 4.78 is 0. The van der Waals surface area contributed by atoms with Gasteiger partial charge in [0, 0.05) is 36.6 Å². The van der Waals surface area contributed by atoms with E-state index in [9.17, 15) is 0 Å². The molecule has 0 saturated carbocycles. The highest BCUT2D eigenvalue weighted by Gasteiger charge is 2.09. The fourth-order valence-corrected chi connectivity index (χ4v) is 2.49. The zero-order valence-electron chi connectivity index (χ0n) is 15.5. The van der Waals surface area contributed by atoms with Crippen LogP contribution in [0.25, 0.3) is 11.3 Å². The number of rotatable bonds is 7. The van der Waals surface area contributed by atoms with Gasteiger partial charge in [-0.1, -0.05) is 36.8 Å². The van der Waals surface area contributed by atoms with Gasteiger partial charge < -0.3 is 10.6 Å². The Balaban J connectivity index is 1.85. The van der Waals surface area contributed by atoms with Crippen molar-refractivity contribution in [3.63, 3.8) is 0 Å². The largest absolute Gasteiger partial charge is 0.366 e. The van der Waals surface area contributed by atoms with Crippen molar-refractivity contribution < 1.29 is 0 Å². The predicted octanol–water partition coefficient (Wildman–Crippen LogP) is 4.67. The number of nitrogens with zero attached hydrogens (tertiary/aromatic N) is 3. The van der Waals surface area contributed by atoms with E-state index in [-0.39, 0.29) is 0 Å². The van der Waals surface area contributed by atoms with E-state index < -0.39 is 0 Å². The maximum Gasteiger partial charge on any atom is 0.225 e. The van der Waals surface area contributed by atoms with Crippen LogP contribution >= 0.6 is 0 Å². The molecule has 0 aliphatic rings. The Morgan fingerprint density at radius 1 is 1.00 bits per heavy atom. The maximum absolute atomic E-state index is 4.67. The van der Waals surface area contributed by atoms with E-state index in [2.05, 4.69) is 70.6 Å². The molecule has 0 radical (unpaired) electrons. The lowest BCUT2D eigenvalue weighted by atomic mass is 10.1. The lowest BCUT2D eigenvalue weighted by molar-refractivity contribution is 0.753. The highest BCUT2D eigenvalue weighted by atomic mass is 15.2. The van der Waals surface area contributed by atoms with E-state index in [1.165, 1.54) is 11.1 Å². The Hall–Kier alpha value is -2.95.